The van der Waals surface area contributed by atoms with Gasteiger partial charge in [-0.2, -0.15) is 0 Å². The second-order valence-corrected chi connectivity index (χ2v) is 10.6. The summed E-state index contributed by atoms with van der Waals surface area (Å²) in [6.07, 6.45) is 0.174. The molecule has 1 fully saturated rings. The maximum absolute atomic E-state index is 13.8. The van der Waals surface area contributed by atoms with Crippen LogP contribution in [0.5, 0.6) is 17.2 Å². The number of nitrogens with zero attached hydrogens (tertiary/aromatic N) is 2. The van der Waals surface area contributed by atoms with Crippen molar-refractivity contribution in [3.8, 4) is 17.2 Å². The molecule has 9 nitrogen and oxygen atoms in total. The molecule has 2 aromatic rings. The molecule has 1 saturated heterocycles. The van der Waals surface area contributed by atoms with Crippen LogP contribution in [0.4, 0.5) is 0 Å². The summed E-state index contributed by atoms with van der Waals surface area (Å²) in [5, 5.41) is 0. The highest BCUT2D eigenvalue weighted by Crippen LogP contribution is 2.51. The summed E-state index contributed by atoms with van der Waals surface area (Å²) in [5.41, 5.74) is 2.32. The van der Waals surface area contributed by atoms with Gasteiger partial charge in [-0.15, -0.1) is 0 Å². The van der Waals surface area contributed by atoms with Gasteiger partial charge < -0.3 is 23.8 Å². The molecule has 3 amide bonds. The predicted molar refractivity (Wildman–Crippen MR) is 140 cm³/mol. The second-order valence-electron chi connectivity index (χ2n) is 10.6. The Morgan fingerprint density at radius 3 is 2.18 bits per heavy atom. The topological polar surface area (TPSA) is 94.6 Å². The number of ether oxygens (including phenoxy) is 4. The molecule has 0 saturated carbocycles. The second kappa shape index (κ2) is 10.6. The minimum Gasteiger partial charge on any atom is -0.496 e. The van der Waals surface area contributed by atoms with Crippen LogP contribution in [0.1, 0.15) is 49.1 Å². The molecule has 2 aliphatic heterocycles. The van der Waals surface area contributed by atoms with Gasteiger partial charge in [-0.25, -0.2) is 0 Å². The molecule has 0 unspecified atom stereocenters. The number of fused-ring (bicyclic) bond motifs is 2. The minimum absolute atomic E-state index is 0.108. The lowest BCUT2D eigenvalue weighted by Gasteiger charge is -2.48. The van der Waals surface area contributed by atoms with Crippen molar-refractivity contribution in [3.05, 3.63) is 52.6 Å². The van der Waals surface area contributed by atoms with Crippen molar-refractivity contribution in [3.63, 3.8) is 0 Å². The highest BCUT2D eigenvalue weighted by molar-refractivity contribution is 6.07. The zero-order chi connectivity index (χ0) is 27.8. The molecule has 2 atom stereocenters. The standard InChI is InChI=1S/C29H36N2O7/c1-17-24(35-5)19-13-20-27(33)30(28(34)29(2,3)4)14-22(32)31(20)21(23(19)26(37-7)25(17)36-6)16-38-15-18-11-9-8-10-12-18/h8-12,20-21H,13-16H2,1-7H3/t20-,21-/m0/s1. The number of imide groups is 1. The number of piperazine rings is 1. The van der Waals surface area contributed by atoms with Crippen molar-refractivity contribution in [2.24, 2.45) is 5.41 Å². The van der Waals surface area contributed by atoms with Crippen molar-refractivity contribution < 1.29 is 33.3 Å². The van der Waals surface area contributed by atoms with E-state index >= 15 is 0 Å². The highest BCUT2D eigenvalue weighted by Gasteiger charge is 2.51. The molecule has 0 aliphatic carbocycles. The first-order valence-electron chi connectivity index (χ1n) is 12.6. The van der Waals surface area contributed by atoms with Gasteiger partial charge in [0.05, 0.1) is 40.6 Å². The lowest BCUT2D eigenvalue weighted by atomic mass is 9.83. The van der Waals surface area contributed by atoms with Crippen LogP contribution in [0.15, 0.2) is 30.3 Å². The third-order valence-corrected chi connectivity index (χ3v) is 7.15. The maximum Gasteiger partial charge on any atom is 0.252 e. The Morgan fingerprint density at radius 2 is 1.61 bits per heavy atom. The van der Waals surface area contributed by atoms with Gasteiger partial charge in [0.1, 0.15) is 18.3 Å². The van der Waals surface area contributed by atoms with Gasteiger partial charge in [-0.1, -0.05) is 51.1 Å². The molecule has 0 aromatic heterocycles. The van der Waals surface area contributed by atoms with Gasteiger partial charge >= 0.3 is 0 Å². The van der Waals surface area contributed by atoms with Gasteiger partial charge in [-0.05, 0) is 12.5 Å². The summed E-state index contributed by atoms with van der Waals surface area (Å²) in [6, 6.07) is 8.17. The van der Waals surface area contributed by atoms with Crippen LogP contribution in [-0.2, 0) is 32.1 Å². The first-order valence-corrected chi connectivity index (χ1v) is 12.6. The highest BCUT2D eigenvalue weighted by atomic mass is 16.5. The zero-order valence-electron chi connectivity index (χ0n) is 23.1. The molecule has 9 heteroatoms. The quantitative estimate of drug-likeness (QED) is 0.548. The molecule has 4 rings (SSSR count). The number of benzene rings is 2. The number of amides is 3. The summed E-state index contributed by atoms with van der Waals surface area (Å²) in [5.74, 6) is 0.416. The van der Waals surface area contributed by atoms with Gasteiger partial charge in [0.2, 0.25) is 11.8 Å². The maximum atomic E-state index is 13.8. The number of hydrogen-bond donors (Lipinski definition) is 0. The Bertz CT molecular complexity index is 1240. The number of rotatable bonds is 7. The van der Waals surface area contributed by atoms with Crippen molar-refractivity contribution >= 4 is 17.7 Å². The fraction of sp³-hybridized carbons (Fsp3) is 0.483. The first kappa shape index (κ1) is 27.4. The Balaban J connectivity index is 1.83. The molecule has 0 bridgehead atoms. The SMILES string of the molecule is COc1c(C)c(OC)c(OC)c2c1C[C@H]1C(=O)N(C(=O)C(C)(C)C)CC(=O)N1[C@H]2COCc1ccccc1. The van der Waals surface area contributed by atoms with Gasteiger partial charge in [0.25, 0.3) is 5.91 Å². The van der Waals surface area contributed by atoms with E-state index in [1.807, 2.05) is 37.3 Å². The number of carbonyl (C=O) groups excluding carboxylic acids is 3. The van der Waals surface area contributed by atoms with Gasteiger partial charge in [0.15, 0.2) is 11.5 Å². The fourth-order valence-electron chi connectivity index (χ4n) is 5.44. The van der Waals surface area contributed by atoms with Crippen LogP contribution in [0, 0.1) is 12.3 Å². The third-order valence-electron chi connectivity index (χ3n) is 7.15. The van der Waals surface area contributed by atoms with Crippen LogP contribution >= 0.6 is 0 Å². The van der Waals surface area contributed by atoms with Crippen LogP contribution in [0.2, 0.25) is 0 Å². The van der Waals surface area contributed by atoms with Crippen molar-refractivity contribution in [1.29, 1.82) is 0 Å². The lowest BCUT2D eigenvalue weighted by Crippen LogP contribution is -2.65. The molecule has 0 N–H and O–H groups in total. The lowest BCUT2D eigenvalue weighted by molar-refractivity contribution is -0.169. The fourth-order valence-corrected chi connectivity index (χ4v) is 5.44. The van der Waals surface area contributed by atoms with Gasteiger partial charge in [-0.3, -0.25) is 19.3 Å². The summed E-state index contributed by atoms with van der Waals surface area (Å²) in [4.78, 5) is 43.2. The summed E-state index contributed by atoms with van der Waals surface area (Å²) < 4.78 is 23.5. The van der Waals surface area contributed by atoms with E-state index in [4.69, 9.17) is 18.9 Å². The zero-order valence-corrected chi connectivity index (χ0v) is 23.1. The number of hydrogen-bond acceptors (Lipinski definition) is 7. The van der Waals surface area contributed by atoms with E-state index in [-0.39, 0.29) is 31.4 Å². The molecule has 204 valence electrons. The molecule has 0 radical (unpaired) electrons. The van der Waals surface area contributed by atoms with E-state index in [2.05, 4.69) is 0 Å². The summed E-state index contributed by atoms with van der Waals surface area (Å²) in [7, 11) is 4.66. The van der Waals surface area contributed by atoms with Crippen molar-refractivity contribution in [2.75, 3.05) is 34.5 Å². The number of methoxy groups -OCH3 is 3. The Kier molecular flexibility index (Phi) is 7.69. The van der Waals surface area contributed by atoms with E-state index in [0.717, 1.165) is 21.6 Å². The first-order chi connectivity index (χ1) is 18.0. The molecular formula is C29H36N2O7. The van der Waals surface area contributed by atoms with Crippen LogP contribution in [-0.4, -0.2) is 68.0 Å². The largest absolute Gasteiger partial charge is 0.496 e. The van der Waals surface area contributed by atoms with Gasteiger partial charge in [0, 0.05) is 28.5 Å². The minimum atomic E-state index is -0.883. The van der Waals surface area contributed by atoms with Crippen LogP contribution in [0.3, 0.4) is 0 Å². The molecule has 0 spiro atoms. The third kappa shape index (κ3) is 4.71. The van der Waals surface area contributed by atoms with Crippen molar-refractivity contribution in [1.82, 2.24) is 9.80 Å². The Hall–Kier alpha value is -3.59. The van der Waals surface area contributed by atoms with E-state index in [0.29, 0.717) is 29.4 Å². The molecule has 2 heterocycles. The summed E-state index contributed by atoms with van der Waals surface area (Å²) >= 11 is 0. The van der Waals surface area contributed by atoms with Crippen molar-refractivity contribution in [2.45, 2.75) is 52.8 Å². The van der Waals surface area contributed by atoms with E-state index < -0.39 is 23.4 Å². The monoisotopic (exact) mass is 524 g/mol. The normalized spacial score (nSPS) is 19.1. The van der Waals surface area contributed by atoms with Crippen LogP contribution in [0.25, 0.3) is 0 Å². The van der Waals surface area contributed by atoms with Crippen LogP contribution < -0.4 is 14.2 Å². The van der Waals surface area contributed by atoms with E-state index in [1.54, 1.807) is 47.0 Å². The Morgan fingerprint density at radius 1 is 0.974 bits per heavy atom. The number of carbonyl (C=O) groups is 3. The molecule has 2 aromatic carbocycles. The smallest absolute Gasteiger partial charge is 0.252 e. The molecule has 2 aliphatic rings. The van der Waals surface area contributed by atoms with E-state index in [9.17, 15) is 14.4 Å². The average molecular weight is 525 g/mol. The predicted octanol–water partition coefficient (Wildman–Crippen LogP) is 3.45. The molecule has 38 heavy (non-hydrogen) atoms. The Labute approximate surface area is 223 Å². The summed E-state index contributed by atoms with van der Waals surface area (Å²) in [6.45, 7) is 7.17. The average Bonchev–Trinajstić information content (AvgIpc) is 2.89. The van der Waals surface area contributed by atoms with E-state index in [1.165, 1.54) is 0 Å². The molecular weight excluding hydrogens is 488 g/mol.